The van der Waals surface area contributed by atoms with Crippen LogP contribution in [0.25, 0.3) is 0 Å². The standard InChI is InChI=1S/C7H14O2.C2H6/c1-5(2)4-6(3)7(8)9;1-2/h5-6H,4H2,1-3H3,(H,8,9);1-2H3. The van der Waals surface area contributed by atoms with Gasteiger partial charge in [0.15, 0.2) is 0 Å². The Balaban J connectivity index is 0. The zero-order valence-electron chi connectivity index (χ0n) is 8.22. The molecule has 0 aromatic carbocycles. The predicted molar refractivity (Wildman–Crippen MR) is 47.6 cm³/mol. The molecule has 0 spiro atoms. The number of carboxylic acids is 1. The molecule has 1 atom stereocenters. The summed E-state index contributed by atoms with van der Waals surface area (Å²) < 4.78 is 0. The van der Waals surface area contributed by atoms with Gasteiger partial charge in [0.2, 0.25) is 0 Å². The number of aliphatic carboxylic acids is 1. The van der Waals surface area contributed by atoms with Crippen LogP contribution in [0.2, 0.25) is 0 Å². The van der Waals surface area contributed by atoms with Gasteiger partial charge in [-0.2, -0.15) is 0 Å². The Morgan fingerprint density at radius 2 is 1.64 bits per heavy atom. The lowest BCUT2D eigenvalue weighted by Gasteiger charge is -2.07. The van der Waals surface area contributed by atoms with Gasteiger partial charge < -0.3 is 5.11 Å². The fraction of sp³-hybridized carbons (Fsp3) is 0.889. The molecule has 0 fully saturated rings. The van der Waals surface area contributed by atoms with Crippen LogP contribution in [-0.4, -0.2) is 11.1 Å². The van der Waals surface area contributed by atoms with Gasteiger partial charge >= 0.3 is 5.97 Å². The zero-order valence-corrected chi connectivity index (χ0v) is 8.22. The van der Waals surface area contributed by atoms with Gasteiger partial charge in [-0.15, -0.1) is 0 Å². The Labute approximate surface area is 69.6 Å². The lowest BCUT2D eigenvalue weighted by molar-refractivity contribution is -0.141. The lowest BCUT2D eigenvalue weighted by atomic mass is 9.99. The number of carboxylic acid groups (broad SMARTS) is 1. The van der Waals surface area contributed by atoms with Crippen molar-refractivity contribution in [3.63, 3.8) is 0 Å². The van der Waals surface area contributed by atoms with E-state index in [4.69, 9.17) is 5.11 Å². The third kappa shape index (κ3) is 9.47. The highest BCUT2D eigenvalue weighted by Gasteiger charge is 2.11. The summed E-state index contributed by atoms with van der Waals surface area (Å²) in [5.41, 5.74) is 0. The third-order valence-corrected chi connectivity index (χ3v) is 1.25. The summed E-state index contributed by atoms with van der Waals surface area (Å²) in [7, 11) is 0. The maximum atomic E-state index is 10.2. The summed E-state index contributed by atoms with van der Waals surface area (Å²) in [6.07, 6.45) is 0.773. The van der Waals surface area contributed by atoms with Crippen molar-refractivity contribution in [3.05, 3.63) is 0 Å². The highest BCUT2D eigenvalue weighted by Crippen LogP contribution is 2.09. The van der Waals surface area contributed by atoms with Crippen molar-refractivity contribution in [1.82, 2.24) is 0 Å². The summed E-state index contributed by atoms with van der Waals surface area (Å²) >= 11 is 0. The number of rotatable bonds is 3. The molecule has 0 saturated heterocycles. The van der Waals surface area contributed by atoms with Crippen LogP contribution in [0.15, 0.2) is 0 Å². The normalized spacial score (nSPS) is 11.8. The monoisotopic (exact) mass is 160 g/mol. The largest absolute Gasteiger partial charge is 0.481 e. The van der Waals surface area contributed by atoms with Crippen LogP contribution in [0.5, 0.6) is 0 Å². The molecular weight excluding hydrogens is 140 g/mol. The summed E-state index contributed by atoms with van der Waals surface area (Å²) in [4.78, 5) is 10.2. The summed E-state index contributed by atoms with van der Waals surface area (Å²) in [5.74, 6) is -0.398. The fourth-order valence-electron chi connectivity index (χ4n) is 0.808. The Kier molecular flexibility index (Phi) is 9.01. The minimum atomic E-state index is -0.691. The Hall–Kier alpha value is -0.530. The average molecular weight is 160 g/mol. The van der Waals surface area contributed by atoms with Gasteiger partial charge in [-0.3, -0.25) is 4.79 Å². The van der Waals surface area contributed by atoms with Crippen molar-refractivity contribution in [2.75, 3.05) is 0 Å². The van der Waals surface area contributed by atoms with E-state index in [0.717, 1.165) is 6.42 Å². The fourth-order valence-corrected chi connectivity index (χ4v) is 0.808. The molecule has 2 heteroatoms. The summed E-state index contributed by atoms with van der Waals surface area (Å²) in [6.45, 7) is 9.79. The van der Waals surface area contributed by atoms with Gasteiger partial charge in [0.25, 0.3) is 0 Å². The van der Waals surface area contributed by atoms with Crippen LogP contribution in [0.3, 0.4) is 0 Å². The van der Waals surface area contributed by atoms with Gasteiger partial charge in [-0.1, -0.05) is 34.6 Å². The minimum absolute atomic E-state index is 0.190. The van der Waals surface area contributed by atoms with E-state index in [9.17, 15) is 4.79 Å². The molecule has 0 radical (unpaired) electrons. The number of carbonyl (C=O) groups is 1. The smallest absolute Gasteiger partial charge is 0.306 e. The molecule has 0 rings (SSSR count). The molecule has 0 saturated carbocycles. The van der Waals surface area contributed by atoms with Crippen molar-refractivity contribution in [1.29, 1.82) is 0 Å². The Bertz CT molecular complexity index is 97.7. The molecule has 0 bridgehead atoms. The second kappa shape index (κ2) is 7.58. The van der Waals surface area contributed by atoms with Crippen LogP contribution in [0.4, 0.5) is 0 Å². The van der Waals surface area contributed by atoms with Crippen LogP contribution in [0.1, 0.15) is 41.0 Å². The van der Waals surface area contributed by atoms with Crippen LogP contribution < -0.4 is 0 Å². The molecule has 1 unspecified atom stereocenters. The zero-order chi connectivity index (χ0) is 9.44. The SMILES string of the molecule is CC.CC(C)CC(C)C(=O)O. The van der Waals surface area contributed by atoms with Crippen molar-refractivity contribution in [3.8, 4) is 0 Å². The quantitative estimate of drug-likeness (QED) is 0.689. The van der Waals surface area contributed by atoms with E-state index in [1.54, 1.807) is 6.92 Å². The van der Waals surface area contributed by atoms with E-state index in [2.05, 4.69) is 0 Å². The third-order valence-electron chi connectivity index (χ3n) is 1.25. The second-order valence-corrected chi connectivity index (χ2v) is 2.87. The summed E-state index contributed by atoms with van der Waals surface area (Å²) in [6, 6.07) is 0. The van der Waals surface area contributed by atoms with Gasteiger partial charge in [0.1, 0.15) is 0 Å². The number of hydrogen-bond donors (Lipinski definition) is 1. The first-order valence-electron chi connectivity index (χ1n) is 4.26. The van der Waals surface area contributed by atoms with E-state index in [-0.39, 0.29) is 5.92 Å². The molecule has 0 aromatic heterocycles. The molecule has 11 heavy (non-hydrogen) atoms. The maximum absolute atomic E-state index is 10.2. The van der Waals surface area contributed by atoms with Crippen molar-refractivity contribution >= 4 is 5.97 Å². The van der Waals surface area contributed by atoms with Gasteiger partial charge in [0, 0.05) is 0 Å². The lowest BCUT2D eigenvalue weighted by Crippen LogP contribution is -2.11. The second-order valence-electron chi connectivity index (χ2n) is 2.87. The topological polar surface area (TPSA) is 37.3 Å². The molecular formula is C9H20O2. The van der Waals surface area contributed by atoms with Crippen LogP contribution >= 0.6 is 0 Å². The highest BCUT2D eigenvalue weighted by molar-refractivity contribution is 5.69. The Morgan fingerprint density at radius 3 is 1.73 bits per heavy atom. The first-order valence-corrected chi connectivity index (χ1v) is 4.26. The summed E-state index contributed by atoms with van der Waals surface area (Å²) in [5, 5.41) is 8.43. The van der Waals surface area contributed by atoms with Crippen LogP contribution in [0, 0.1) is 11.8 Å². The van der Waals surface area contributed by atoms with Crippen LogP contribution in [-0.2, 0) is 4.79 Å². The first kappa shape index (κ1) is 13.1. The van der Waals surface area contributed by atoms with Crippen molar-refractivity contribution in [2.45, 2.75) is 41.0 Å². The van der Waals surface area contributed by atoms with Crippen molar-refractivity contribution in [2.24, 2.45) is 11.8 Å². The Morgan fingerprint density at radius 1 is 1.27 bits per heavy atom. The highest BCUT2D eigenvalue weighted by atomic mass is 16.4. The molecule has 0 aliphatic carbocycles. The maximum Gasteiger partial charge on any atom is 0.306 e. The van der Waals surface area contributed by atoms with E-state index < -0.39 is 5.97 Å². The molecule has 0 aliphatic heterocycles. The van der Waals surface area contributed by atoms with Gasteiger partial charge in [-0.25, -0.2) is 0 Å². The van der Waals surface area contributed by atoms with E-state index in [0.29, 0.717) is 5.92 Å². The van der Waals surface area contributed by atoms with Gasteiger partial charge in [-0.05, 0) is 12.3 Å². The molecule has 2 nitrogen and oxygen atoms in total. The van der Waals surface area contributed by atoms with E-state index in [1.165, 1.54) is 0 Å². The molecule has 68 valence electrons. The average Bonchev–Trinajstić information content (AvgIpc) is 1.90. The molecule has 0 aliphatic rings. The van der Waals surface area contributed by atoms with Crippen molar-refractivity contribution < 1.29 is 9.90 Å². The van der Waals surface area contributed by atoms with E-state index >= 15 is 0 Å². The number of hydrogen-bond acceptors (Lipinski definition) is 1. The molecule has 0 amide bonds. The predicted octanol–water partition coefficient (Wildman–Crippen LogP) is 2.78. The first-order chi connectivity index (χ1) is 5.04. The molecule has 0 heterocycles. The molecule has 1 N–H and O–H groups in total. The van der Waals surface area contributed by atoms with Gasteiger partial charge in [0.05, 0.1) is 5.92 Å². The van der Waals surface area contributed by atoms with E-state index in [1.807, 2.05) is 27.7 Å². The minimum Gasteiger partial charge on any atom is -0.481 e. The molecule has 0 aromatic rings.